The van der Waals surface area contributed by atoms with Gasteiger partial charge in [-0.3, -0.25) is 4.90 Å². The molecule has 0 aliphatic carbocycles. The summed E-state index contributed by atoms with van der Waals surface area (Å²) in [5.74, 6) is 0.289. The van der Waals surface area contributed by atoms with Gasteiger partial charge >= 0.3 is 0 Å². The second-order valence-corrected chi connectivity index (χ2v) is 4.51. The third-order valence-electron chi connectivity index (χ3n) is 2.73. The fourth-order valence-electron chi connectivity index (χ4n) is 1.45. The van der Waals surface area contributed by atoms with Gasteiger partial charge in [-0.15, -0.1) is 0 Å². The zero-order chi connectivity index (χ0) is 13.1. The minimum Gasteiger partial charge on any atom is -0.392 e. The van der Waals surface area contributed by atoms with Crippen molar-refractivity contribution in [1.29, 1.82) is 0 Å². The lowest BCUT2D eigenvalue weighted by Gasteiger charge is -2.26. The van der Waals surface area contributed by atoms with Gasteiger partial charge in [-0.05, 0) is 19.8 Å². The highest BCUT2D eigenvalue weighted by atomic mass is 16.5. The van der Waals surface area contributed by atoms with Crippen LogP contribution in [0.1, 0.15) is 27.7 Å². The molecule has 0 rings (SSSR count). The summed E-state index contributed by atoms with van der Waals surface area (Å²) >= 11 is 0. The van der Waals surface area contributed by atoms with Crippen molar-refractivity contribution < 1.29 is 14.6 Å². The van der Waals surface area contributed by atoms with E-state index >= 15 is 0 Å². The molecule has 0 spiro atoms. The first-order valence-electron chi connectivity index (χ1n) is 6.67. The number of rotatable bonds is 11. The van der Waals surface area contributed by atoms with Gasteiger partial charge in [-0.2, -0.15) is 0 Å². The van der Waals surface area contributed by atoms with Gasteiger partial charge in [-0.25, -0.2) is 0 Å². The predicted octanol–water partition coefficient (Wildman–Crippen LogP) is 1.38. The van der Waals surface area contributed by atoms with E-state index in [0.717, 1.165) is 26.3 Å². The lowest BCUT2D eigenvalue weighted by atomic mass is 10.1. The first-order chi connectivity index (χ1) is 8.11. The van der Waals surface area contributed by atoms with Crippen LogP contribution in [0.2, 0.25) is 0 Å². The van der Waals surface area contributed by atoms with Gasteiger partial charge in [-0.1, -0.05) is 13.8 Å². The molecule has 0 aromatic heterocycles. The zero-order valence-electron chi connectivity index (χ0n) is 11.8. The smallest absolute Gasteiger partial charge is 0.0690 e. The molecular weight excluding hydrogens is 218 g/mol. The van der Waals surface area contributed by atoms with Gasteiger partial charge < -0.3 is 14.6 Å². The molecule has 0 aromatic rings. The largest absolute Gasteiger partial charge is 0.392 e. The van der Waals surface area contributed by atoms with Crippen LogP contribution in [0.25, 0.3) is 0 Å². The SMILES string of the molecule is CCOCCN(CCOCC)CC(O)C(C)C. The van der Waals surface area contributed by atoms with E-state index in [-0.39, 0.29) is 12.0 Å². The molecule has 104 valence electrons. The van der Waals surface area contributed by atoms with Crippen LogP contribution in [0.3, 0.4) is 0 Å². The van der Waals surface area contributed by atoms with E-state index in [1.165, 1.54) is 0 Å². The van der Waals surface area contributed by atoms with Gasteiger partial charge in [0.15, 0.2) is 0 Å². The average Bonchev–Trinajstić information content (AvgIpc) is 2.29. The van der Waals surface area contributed by atoms with Crippen molar-refractivity contribution in [3.05, 3.63) is 0 Å². The lowest BCUT2D eigenvalue weighted by Crippen LogP contribution is -2.39. The van der Waals surface area contributed by atoms with Crippen molar-refractivity contribution in [3.63, 3.8) is 0 Å². The van der Waals surface area contributed by atoms with Gasteiger partial charge in [0.2, 0.25) is 0 Å². The summed E-state index contributed by atoms with van der Waals surface area (Å²) in [6.07, 6.45) is -0.279. The second kappa shape index (κ2) is 11.0. The van der Waals surface area contributed by atoms with E-state index in [9.17, 15) is 5.11 Å². The number of hydrogen-bond donors (Lipinski definition) is 1. The molecule has 0 heterocycles. The second-order valence-electron chi connectivity index (χ2n) is 4.51. The zero-order valence-corrected chi connectivity index (χ0v) is 11.8. The quantitative estimate of drug-likeness (QED) is 0.560. The predicted molar refractivity (Wildman–Crippen MR) is 70.3 cm³/mol. The molecule has 0 aliphatic heterocycles. The molecule has 0 saturated heterocycles. The molecule has 0 radical (unpaired) electrons. The molecule has 4 nitrogen and oxygen atoms in total. The maximum Gasteiger partial charge on any atom is 0.0690 e. The Morgan fingerprint density at radius 1 is 1.00 bits per heavy atom. The summed E-state index contributed by atoms with van der Waals surface area (Å²) in [4.78, 5) is 2.20. The van der Waals surface area contributed by atoms with E-state index in [0.29, 0.717) is 19.8 Å². The summed E-state index contributed by atoms with van der Waals surface area (Å²) in [6.45, 7) is 13.4. The molecule has 1 N–H and O–H groups in total. The molecule has 0 fully saturated rings. The van der Waals surface area contributed by atoms with E-state index in [1.54, 1.807) is 0 Å². The highest BCUT2D eigenvalue weighted by molar-refractivity contribution is 4.67. The van der Waals surface area contributed by atoms with Crippen molar-refractivity contribution in [1.82, 2.24) is 4.90 Å². The molecular formula is C13H29NO3. The molecule has 0 aromatic carbocycles. The molecule has 1 atom stereocenters. The normalized spacial score (nSPS) is 13.6. The monoisotopic (exact) mass is 247 g/mol. The highest BCUT2D eigenvalue weighted by Crippen LogP contribution is 2.03. The fraction of sp³-hybridized carbons (Fsp3) is 1.00. The molecule has 4 heteroatoms. The van der Waals surface area contributed by atoms with E-state index in [1.807, 2.05) is 27.7 Å². The number of nitrogens with zero attached hydrogens (tertiary/aromatic N) is 1. The Labute approximate surface area is 106 Å². The van der Waals surface area contributed by atoms with Crippen LogP contribution in [0.15, 0.2) is 0 Å². The third kappa shape index (κ3) is 9.53. The molecule has 0 bridgehead atoms. The van der Waals surface area contributed by atoms with Crippen LogP contribution >= 0.6 is 0 Å². The third-order valence-corrected chi connectivity index (χ3v) is 2.73. The first-order valence-corrected chi connectivity index (χ1v) is 6.67. The summed E-state index contributed by atoms with van der Waals surface area (Å²) in [6, 6.07) is 0. The Morgan fingerprint density at radius 2 is 1.47 bits per heavy atom. The summed E-state index contributed by atoms with van der Waals surface area (Å²) in [7, 11) is 0. The maximum atomic E-state index is 9.89. The number of aliphatic hydroxyl groups is 1. The number of ether oxygens (including phenoxy) is 2. The van der Waals surface area contributed by atoms with Crippen LogP contribution in [-0.4, -0.2) is 62.2 Å². The lowest BCUT2D eigenvalue weighted by molar-refractivity contribution is 0.0385. The minimum absolute atomic E-state index is 0.279. The standard InChI is InChI=1S/C13H29NO3/c1-5-16-9-7-14(8-10-17-6-2)11-13(15)12(3)4/h12-13,15H,5-11H2,1-4H3. The Kier molecular flexibility index (Phi) is 10.9. The molecule has 0 saturated carbocycles. The Hall–Kier alpha value is -0.160. The molecule has 1 unspecified atom stereocenters. The van der Waals surface area contributed by atoms with Crippen LogP contribution in [-0.2, 0) is 9.47 Å². The highest BCUT2D eigenvalue weighted by Gasteiger charge is 2.14. The van der Waals surface area contributed by atoms with E-state index in [4.69, 9.17) is 9.47 Å². The van der Waals surface area contributed by atoms with Crippen molar-refractivity contribution in [2.45, 2.75) is 33.8 Å². The number of aliphatic hydroxyl groups excluding tert-OH is 1. The Morgan fingerprint density at radius 3 is 1.82 bits per heavy atom. The van der Waals surface area contributed by atoms with E-state index < -0.39 is 0 Å². The van der Waals surface area contributed by atoms with Gasteiger partial charge in [0.25, 0.3) is 0 Å². The van der Waals surface area contributed by atoms with Crippen LogP contribution in [0.5, 0.6) is 0 Å². The number of hydrogen-bond acceptors (Lipinski definition) is 4. The maximum absolute atomic E-state index is 9.89. The first kappa shape index (κ1) is 16.8. The summed E-state index contributed by atoms with van der Waals surface area (Å²) in [5.41, 5.74) is 0. The van der Waals surface area contributed by atoms with Crippen molar-refractivity contribution in [3.8, 4) is 0 Å². The van der Waals surface area contributed by atoms with Crippen molar-refractivity contribution in [2.75, 3.05) is 46.1 Å². The molecule has 0 aliphatic rings. The Bertz CT molecular complexity index is 155. The van der Waals surface area contributed by atoms with Crippen LogP contribution < -0.4 is 0 Å². The van der Waals surface area contributed by atoms with Gasteiger partial charge in [0, 0.05) is 32.8 Å². The summed E-state index contributed by atoms with van der Waals surface area (Å²) < 4.78 is 10.7. The van der Waals surface area contributed by atoms with Gasteiger partial charge in [0.1, 0.15) is 0 Å². The Balaban J connectivity index is 3.91. The van der Waals surface area contributed by atoms with Crippen LogP contribution in [0, 0.1) is 5.92 Å². The molecule has 0 amide bonds. The fourth-order valence-corrected chi connectivity index (χ4v) is 1.45. The topological polar surface area (TPSA) is 41.9 Å². The van der Waals surface area contributed by atoms with Crippen molar-refractivity contribution >= 4 is 0 Å². The molecule has 17 heavy (non-hydrogen) atoms. The minimum atomic E-state index is -0.279. The van der Waals surface area contributed by atoms with Crippen LogP contribution in [0.4, 0.5) is 0 Å². The summed E-state index contributed by atoms with van der Waals surface area (Å²) in [5, 5.41) is 9.89. The van der Waals surface area contributed by atoms with Gasteiger partial charge in [0.05, 0.1) is 19.3 Å². The van der Waals surface area contributed by atoms with E-state index in [2.05, 4.69) is 4.90 Å². The average molecular weight is 247 g/mol. The van der Waals surface area contributed by atoms with Crippen molar-refractivity contribution in [2.24, 2.45) is 5.92 Å².